The first-order valence-corrected chi connectivity index (χ1v) is 8.79. The van der Waals surface area contributed by atoms with E-state index in [1.807, 2.05) is 24.3 Å². The van der Waals surface area contributed by atoms with Crippen LogP contribution in [0.25, 0.3) is 0 Å². The predicted molar refractivity (Wildman–Crippen MR) is 97.3 cm³/mol. The van der Waals surface area contributed by atoms with Crippen molar-refractivity contribution in [3.8, 4) is 0 Å². The largest absolute Gasteiger partial charge is 0.379 e. The highest BCUT2D eigenvalue weighted by Crippen LogP contribution is 2.24. The summed E-state index contributed by atoms with van der Waals surface area (Å²) in [5.74, 6) is 0.0663. The minimum Gasteiger partial charge on any atom is -0.379 e. The number of carbonyl (C=O) groups excluding carboxylic acids is 1. The number of amides is 1. The molecule has 0 aliphatic carbocycles. The zero-order valence-electron chi connectivity index (χ0n) is 14.6. The lowest BCUT2D eigenvalue weighted by molar-refractivity contribution is -0.122. The van der Waals surface area contributed by atoms with Crippen LogP contribution in [0.1, 0.15) is 29.2 Å². The van der Waals surface area contributed by atoms with Gasteiger partial charge in [0.2, 0.25) is 5.91 Å². The highest BCUT2D eigenvalue weighted by molar-refractivity contribution is 5.77. The van der Waals surface area contributed by atoms with Gasteiger partial charge in [-0.15, -0.1) is 0 Å². The van der Waals surface area contributed by atoms with Crippen LogP contribution >= 0.6 is 0 Å². The Labute approximate surface area is 149 Å². The number of morpholine rings is 1. The number of aryl methyl sites for hydroxylation is 1. The quantitative estimate of drug-likeness (QED) is 0.877. The molecular formula is C20H25N3O2. The van der Waals surface area contributed by atoms with Crippen LogP contribution in [0.3, 0.4) is 0 Å². The maximum atomic E-state index is 12.6. The first-order chi connectivity index (χ1) is 12.2. The Bertz CT molecular complexity index is 684. The van der Waals surface area contributed by atoms with Crippen LogP contribution in [-0.4, -0.2) is 48.6 Å². The maximum Gasteiger partial charge on any atom is 0.222 e. The molecule has 25 heavy (non-hydrogen) atoms. The van der Waals surface area contributed by atoms with Crippen LogP contribution in [-0.2, 0) is 9.53 Å². The van der Waals surface area contributed by atoms with E-state index >= 15 is 0 Å². The van der Waals surface area contributed by atoms with Gasteiger partial charge in [-0.3, -0.25) is 14.7 Å². The third-order valence-corrected chi connectivity index (χ3v) is 4.60. The summed E-state index contributed by atoms with van der Waals surface area (Å²) in [5.41, 5.74) is 3.33. The Morgan fingerprint density at radius 1 is 1.20 bits per heavy atom. The highest BCUT2D eigenvalue weighted by atomic mass is 16.5. The number of rotatable bonds is 6. The SMILES string of the molecule is Cc1ccccc1[C@@H](NC(=O)CCN1CCOCC1)c1ccncc1. The number of hydrogen-bond acceptors (Lipinski definition) is 4. The summed E-state index contributed by atoms with van der Waals surface area (Å²) >= 11 is 0. The molecule has 3 rings (SSSR count). The summed E-state index contributed by atoms with van der Waals surface area (Å²) in [6.07, 6.45) is 4.02. The summed E-state index contributed by atoms with van der Waals surface area (Å²) in [7, 11) is 0. The van der Waals surface area contributed by atoms with Crippen molar-refractivity contribution in [2.24, 2.45) is 0 Å². The molecule has 0 spiro atoms. The summed E-state index contributed by atoms with van der Waals surface area (Å²) in [6.45, 7) is 6.15. The molecule has 1 aliphatic rings. The van der Waals surface area contributed by atoms with Gasteiger partial charge in [0, 0.05) is 38.4 Å². The van der Waals surface area contributed by atoms with Crippen molar-refractivity contribution in [2.75, 3.05) is 32.8 Å². The summed E-state index contributed by atoms with van der Waals surface area (Å²) in [5, 5.41) is 3.21. The molecule has 1 aromatic heterocycles. The summed E-state index contributed by atoms with van der Waals surface area (Å²) in [6, 6.07) is 11.9. The number of aromatic nitrogens is 1. The van der Waals surface area contributed by atoms with Crippen molar-refractivity contribution in [1.82, 2.24) is 15.2 Å². The monoisotopic (exact) mass is 339 g/mol. The second-order valence-corrected chi connectivity index (χ2v) is 6.34. The Morgan fingerprint density at radius 3 is 2.64 bits per heavy atom. The molecule has 1 aromatic carbocycles. The van der Waals surface area contributed by atoms with Crippen LogP contribution in [0.2, 0.25) is 0 Å². The van der Waals surface area contributed by atoms with Crippen LogP contribution in [0, 0.1) is 6.92 Å². The average molecular weight is 339 g/mol. The molecule has 1 saturated heterocycles. The van der Waals surface area contributed by atoms with E-state index < -0.39 is 0 Å². The van der Waals surface area contributed by atoms with Crippen LogP contribution < -0.4 is 5.32 Å². The Balaban J connectivity index is 1.69. The maximum absolute atomic E-state index is 12.6. The van der Waals surface area contributed by atoms with E-state index in [4.69, 9.17) is 4.74 Å². The standard InChI is InChI=1S/C20H25N3O2/c1-16-4-2-3-5-18(16)20(17-6-9-21-10-7-17)22-19(24)8-11-23-12-14-25-15-13-23/h2-7,9-10,20H,8,11-15H2,1H3,(H,22,24)/t20-/m0/s1. The van der Waals surface area contributed by atoms with Gasteiger partial charge in [-0.05, 0) is 35.7 Å². The van der Waals surface area contributed by atoms with E-state index in [-0.39, 0.29) is 11.9 Å². The molecule has 132 valence electrons. The first-order valence-electron chi connectivity index (χ1n) is 8.79. The molecule has 1 atom stereocenters. The second-order valence-electron chi connectivity index (χ2n) is 6.34. The third-order valence-electron chi connectivity index (χ3n) is 4.60. The fourth-order valence-electron chi connectivity index (χ4n) is 3.12. The molecule has 0 radical (unpaired) electrons. The van der Waals surface area contributed by atoms with Gasteiger partial charge in [0.25, 0.3) is 0 Å². The topological polar surface area (TPSA) is 54.5 Å². The van der Waals surface area contributed by atoms with Crippen molar-refractivity contribution < 1.29 is 9.53 Å². The van der Waals surface area contributed by atoms with Crippen molar-refractivity contribution in [3.63, 3.8) is 0 Å². The minimum absolute atomic E-state index is 0.0663. The third kappa shape index (κ3) is 4.87. The summed E-state index contributed by atoms with van der Waals surface area (Å²) in [4.78, 5) is 18.9. The fraction of sp³-hybridized carbons (Fsp3) is 0.400. The van der Waals surface area contributed by atoms with Gasteiger partial charge in [-0.1, -0.05) is 24.3 Å². The zero-order chi connectivity index (χ0) is 17.5. The molecule has 0 saturated carbocycles. The van der Waals surface area contributed by atoms with Crippen molar-refractivity contribution in [1.29, 1.82) is 0 Å². The molecular weight excluding hydrogens is 314 g/mol. The molecule has 2 aromatic rings. The lowest BCUT2D eigenvalue weighted by Gasteiger charge is -2.27. The average Bonchev–Trinajstić information content (AvgIpc) is 2.67. The molecule has 1 aliphatic heterocycles. The molecule has 2 heterocycles. The van der Waals surface area contributed by atoms with Crippen molar-refractivity contribution in [3.05, 3.63) is 65.5 Å². The van der Waals surface area contributed by atoms with Gasteiger partial charge >= 0.3 is 0 Å². The van der Waals surface area contributed by atoms with Crippen LogP contribution in [0.5, 0.6) is 0 Å². The number of nitrogens with zero attached hydrogens (tertiary/aromatic N) is 2. The minimum atomic E-state index is -0.151. The van der Waals surface area contributed by atoms with E-state index in [0.29, 0.717) is 6.42 Å². The van der Waals surface area contributed by atoms with Gasteiger partial charge in [-0.25, -0.2) is 0 Å². The lowest BCUT2D eigenvalue weighted by Crippen LogP contribution is -2.39. The molecule has 1 N–H and O–H groups in total. The number of benzene rings is 1. The molecule has 1 fully saturated rings. The lowest BCUT2D eigenvalue weighted by atomic mass is 9.95. The molecule has 1 amide bonds. The van der Waals surface area contributed by atoms with Gasteiger partial charge in [0.05, 0.1) is 19.3 Å². The van der Waals surface area contributed by atoms with Gasteiger partial charge in [-0.2, -0.15) is 0 Å². The fourth-order valence-corrected chi connectivity index (χ4v) is 3.12. The second kappa shape index (κ2) is 8.74. The number of ether oxygens (including phenoxy) is 1. The Hall–Kier alpha value is -2.24. The van der Waals surface area contributed by atoms with Gasteiger partial charge in [0.1, 0.15) is 0 Å². The molecule has 5 heteroatoms. The normalized spacial score (nSPS) is 16.4. The van der Waals surface area contributed by atoms with Crippen molar-refractivity contribution >= 4 is 5.91 Å². The summed E-state index contributed by atoms with van der Waals surface area (Å²) < 4.78 is 5.35. The zero-order valence-corrected chi connectivity index (χ0v) is 14.6. The number of pyridine rings is 1. The number of hydrogen-bond donors (Lipinski definition) is 1. The van der Waals surface area contributed by atoms with E-state index in [1.54, 1.807) is 12.4 Å². The smallest absolute Gasteiger partial charge is 0.222 e. The number of nitrogens with one attached hydrogen (secondary N) is 1. The van der Waals surface area contributed by atoms with Gasteiger partial charge < -0.3 is 10.1 Å². The van der Waals surface area contributed by atoms with Gasteiger partial charge in [0.15, 0.2) is 0 Å². The highest BCUT2D eigenvalue weighted by Gasteiger charge is 2.19. The van der Waals surface area contributed by atoms with Crippen LogP contribution in [0.15, 0.2) is 48.8 Å². The van der Waals surface area contributed by atoms with E-state index in [9.17, 15) is 4.79 Å². The molecule has 0 unspecified atom stereocenters. The van der Waals surface area contributed by atoms with E-state index in [2.05, 4.69) is 34.3 Å². The molecule has 5 nitrogen and oxygen atoms in total. The van der Waals surface area contributed by atoms with Crippen molar-refractivity contribution in [2.45, 2.75) is 19.4 Å². The Kier molecular flexibility index (Phi) is 6.14. The van der Waals surface area contributed by atoms with E-state index in [0.717, 1.165) is 49.5 Å². The number of carbonyl (C=O) groups is 1. The molecule has 0 bridgehead atoms. The first kappa shape index (κ1) is 17.6. The van der Waals surface area contributed by atoms with Crippen LogP contribution in [0.4, 0.5) is 0 Å². The predicted octanol–water partition coefficient (Wildman–Crippen LogP) is 2.32. The van der Waals surface area contributed by atoms with E-state index in [1.165, 1.54) is 0 Å². The Morgan fingerprint density at radius 2 is 1.92 bits per heavy atom.